The van der Waals surface area contributed by atoms with Crippen molar-refractivity contribution in [2.24, 2.45) is 0 Å². The number of rotatable bonds is 3. The Morgan fingerprint density at radius 3 is 2.25 bits per heavy atom. The van der Waals surface area contributed by atoms with Gasteiger partial charge in [0.1, 0.15) is 11.5 Å². The highest BCUT2D eigenvalue weighted by Gasteiger charge is 2.06. The summed E-state index contributed by atoms with van der Waals surface area (Å²) >= 11 is 0. The van der Waals surface area contributed by atoms with Gasteiger partial charge < -0.3 is 4.74 Å². The third-order valence-electron chi connectivity index (χ3n) is 3.19. The summed E-state index contributed by atoms with van der Waals surface area (Å²) in [5.41, 5.74) is 3.54. The normalized spacial score (nSPS) is 10.2. The molecule has 0 bridgehead atoms. The molecular formula is C19H16O. The van der Waals surface area contributed by atoms with Gasteiger partial charge in [-0.1, -0.05) is 66.2 Å². The second-order valence-electron chi connectivity index (χ2n) is 4.78. The fourth-order valence-corrected chi connectivity index (χ4v) is 2.22. The third kappa shape index (κ3) is 2.72. The summed E-state index contributed by atoms with van der Waals surface area (Å²) in [4.78, 5) is 0. The minimum atomic E-state index is 0.854. The van der Waals surface area contributed by atoms with Gasteiger partial charge in [0, 0.05) is 5.56 Å². The summed E-state index contributed by atoms with van der Waals surface area (Å²) in [7, 11) is 0. The molecule has 0 heterocycles. The fraction of sp³-hybridized carbons (Fsp3) is 0.0526. The van der Waals surface area contributed by atoms with Crippen molar-refractivity contribution in [2.75, 3.05) is 0 Å². The van der Waals surface area contributed by atoms with Crippen molar-refractivity contribution in [2.45, 2.75) is 6.92 Å². The molecule has 0 unspecified atom stereocenters. The predicted octanol–water partition coefficient (Wildman–Crippen LogP) is 5.45. The number of hydrogen-bond donors (Lipinski definition) is 0. The molecule has 0 spiro atoms. The zero-order valence-electron chi connectivity index (χ0n) is 11.4. The lowest BCUT2D eigenvalue weighted by atomic mass is 10.0. The Kier molecular flexibility index (Phi) is 3.51. The molecule has 0 N–H and O–H groups in total. The van der Waals surface area contributed by atoms with Gasteiger partial charge in [-0.25, -0.2) is 0 Å². The van der Waals surface area contributed by atoms with E-state index in [1.54, 1.807) is 0 Å². The van der Waals surface area contributed by atoms with E-state index in [1.165, 1.54) is 11.1 Å². The number of para-hydroxylation sites is 2. The van der Waals surface area contributed by atoms with E-state index in [0.717, 1.165) is 17.1 Å². The van der Waals surface area contributed by atoms with Crippen LogP contribution in [0.5, 0.6) is 11.5 Å². The molecule has 0 fully saturated rings. The van der Waals surface area contributed by atoms with E-state index in [1.807, 2.05) is 48.5 Å². The smallest absolute Gasteiger partial charge is 0.135 e. The molecular weight excluding hydrogens is 244 g/mol. The van der Waals surface area contributed by atoms with Gasteiger partial charge in [-0.05, 0) is 30.7 Å². The van der Waals surface area contributed by atoms with Crippen LogP contribution in [0.1, 0.15) is 5.56 Å². The van der Waals surface area contributed by atoms with Crippen LogP contribution in [0.2, 0.25) is 0 Å². The number of aryl methyl sites for hydroxylation is 1. The zero-order chi connectivity index (χ0) is 13.8. The summed E-state index contributed by atoms with van der Waals surface area (Å²) in [5, 5.41) is 0. The van der Waals surface area contributed by atoms with Gasteiger partial charge in [0.05, 0.1) is 0 Å². The average molecular weight is 260 g/mol. The van der Waals surface area contributed by atoms with Crippen LogP contribution in [0, 0.1) is 6.92 Å². The van der Waals surface area contributed by atoms with Crippen LogP contribution in [0.25, 0.3) is 11.1 Å². The maximum atomic E-state index is 6.00. The van der Waals surface area contributed by atoms with Gasteiger partial charge in [0.15, 0.2) is 0 Å². The minimum Gasteiger partial charge on any atom is -0.457 e. The lowest BCUT2D eigenvalue weighted by Gasteiger charge is -2.11. The Morgan fingerprint density at radius 1 is 0.700 bits per heavy atom. The van der Waals surface area contributed by atoms with Crippen LogP contribution in [-0.4, -0.2) is 0 Å². The van der Waals surface area contributed by atoms with Gasteiger partial charge in [-0.2, -0.15) is 0 Å². The van der Waals surface area contributed by atoms with Crippen molar-refractivity contribution < 1.29 is 4.74 Å². The van der Waals surface area contributed by atoms with Crippen molar-refractivity contribution in [1.29, 1.82) is 0 Å². The number of ether oxygens (including phenoxy) is 1. The number of hydrogen-bond acceptors (Lipinski definition) is 1. The van der Waals surface area contributed by atoms with Crippen LogP contribution in [0.15, 0.2) is 78.9 Å². The first kappa shape index (κ1) is 12.5. The molecule has 0 saturated carbocycles. The third-order valence-corrected chi connectivity index (χ3v) is 3.19. The molecule has 0 aliphatic carbocycles. The van der Waals surface area contributed by atoms with Gasteiger partial charge in [0.25, 0.3) is 0 Å². The zero-order valence-corrected chi connectivity index (χ0v) is 11.4. The molecule has 0 aromatic heterocycles. The molecule has 98 valence electrons. The molecule has 0 aliphatic heterocycles. The van der Waals surface area contributed by atoms with Crippen LogP contribution in [0.3, 0.4) is 0 Å². The quantitative estimate of drug-likeness (QED) is 0.608. The first-order valence-electron chi connectivity index (χ1n) is 6.72. The van der Waals surface area contributed by atoms with Crippen molar-refractivity contribution in [1.82, 2.24) is 0 Å². The topological polar surface area (TPSA) is 9.23 Å². The molecule has 0 aliphatic rings. The lowest BCUT2D eigenvalue weighted by molar-refractivity contribution is 0.484. The molecule has 0 radical (unpaired) electrons. The van der Waals surface area contributed by atoms with Gasteiger partial charge in [0.2, 0.25) is 0 Å². The van der Waals surface area contributed by atoms with E-state index in [2.05, 4.69) is 37.3 Å². The molecule has 0 amide bonds. The standard InChI is InChI=1S/C19H16O/c1-15-8-7-9-16(14-15)18-12-5-6-13-19(18)20-17-10-3-2-4-11-17/h2-14H,1H3. The second kappa shape index (κ2) is 5.62. The maximum absolute atomic E-state index is 6.00. The first-order chi connectivity index (χ1) is 9.83. The molecule has 0 atom stereocenters. The Hall–Kier alpha value is -2.54. The summed E-state index contributed by atoms with van der Waals surface area (Å²) in [6.07, 6.45) is 0. The van der Waals surface area contributed by atoms with E-state index in [4.69, 9.17) is 4.74 Å². The molecule has 3 rings (SSSR count). The van der Waals surface area contributed by atoms with Crippen LogP contribution < -0.4 is 4.74 Å². The maximum Gasteiger partial charge on any atom is 0.135 e. The Balaban J connectivity index is 2.00. The SMILES string of the molecule is Cc1cccc(-c2ccccc2Oc2ccccc2)c1. The van der Waals surface area contributed by atoms with E-state index in [0.29, 0.717) is 0 Å². The highest BCUT2D eigenvalue weighted by molar-refractivity contribution is 5.71. The minimum absolute atomic E-state index is 0.854. The summed E-state index contributed by atoms with van der Waals surface area (Å²) in [5.74, 6) is 1.73. The van der Waals surface area contributed by atoms with E-state index in [-0.39, 0.29) is 0 Å². The monoisotopic (exact) mass is 260 g/mol. The summed E-state index contributed by atoms with van der Waals surface area (Å²) in [6, 6.07) is 26.5. The van der Waals surface area contributed by atoms with Crippen molar-refractivity contribution >= 4 is 0 Å². The fourth-order valence-electron chi connectivity index (χ4n) is 2.22. The van der Waals surface area contributed by atoms with E-state index >= 15 is 0 Å². The lowest BCUT2D eigenvalue weighted by Crippen LogP contribution is -1.88. The van der Waals surface area contributed by atoms with Crippen molar-refractivity contribution in [3.05, 3.63) is 84.4 Å². The average Bonchev–Trinajstić information content (AvgIpc) is 2.49. The highest BCUT2D eigenvalue weighted by atomic mass is 16.5. The van der Waals surface area contributed by atoms with Gasteiger partial charge >= 0.3 is 0 Å². The predicted molar refractivity (Wildman–Crippen MR) is 83.1 cm³/mol. The van der Waals surface area contributed by atoms with E-state index in [9.17, 15) is 0 Å². The molecule has 1 nitrogen and oxygen atoms in total. The van der Waals surface area contributed by atoms with E-state index < -0.39 is 0 Å². The van der Waals surface area contributed by atoms with Crippen LogP contribution >= 0.6 is 0 Å². The summed E-state index contributed by atoms with van der Waals surface area (Å²) in [6.45, 7) is 2.10. The van der Waals surface area contributed by atoms with Crippen molar-refractivity contribution in [3.8, 4) is 22.6 Å². The molecule has 1 heteroatoms. The first-order valence-corrected chi connectivity index (χ1v) is 6.72. The Labute approximate surface area is 119 Å². The van der Waals surface area contributed by atoms with Gasteiger partial charge in [-0.3, -0.25) is 0 Å². The molecule has 3 aromatic rings. The van der Waals surface area contributed by atoms with Crippen molar-refractivity contribution in [3.63, 3.8) is 0 Å². The largest absolute Gasteiger partial charge is 0.457 e. The number of benzene rings is 3. The molecule has 3 aromatic carbocycles. The van der Waals surface area contributed by atoms with Crippen LogP contribution in [-0.2, 0) is 0 Å². The van der Waals surface area contributed by atoms with Gasteiger partial charge in [-0.15, -0.1) is 0 Å². The Morgan fingerprint density at radius 2 is 1.45 bits per heavy atom. The summed E-state index contributed by atoms with van der Waals surface area (Å²) < 4.78 is 6.00. The van der Waals surface area contributed by atoms with Crippen LogP contribution in [0.4, 0.5) is 0 Å². The highest BCUT2D eigenvalue weighted by Crippen LogP contribution is 2.33. The molecule has 0 saturated heterocycles. The Bertz CT molecular complexity index is 702. The molecule has 20 heavy (non-hydrogen) atoms. The second-order valence-corrected chi connectivity index (χ2v) is 4.78.